The quantitative estimate of drug-likeness (QED) is 0.437. The molecule has 1 amide bonds. The van der Waals surface area contributed by atoms with Crippen LogP contribution < -0.4 is 10.6 Å². The van der Waals surface area contributed by atoms with Crippen molar-refractivity contribution in [1.29, 1.82) is 0 Å². The number of ether oxygens (including phenoxy) is 1. The number of amides is 1. The van der Waals surface area contributed by atoms with E-state index in [9.17, 15) is 4.79 Å². The zero-order valence-corrected chi connectivity index (χ0v) is 17.3. The van der Waals surface area contributed by atoms with Crippen LogP contribution in [0.1, 0.15) is 44.7 Å². The molecule has 150 valence electrons. The van der Waals surface area contributed by atoms with Gasteiger partial charge in [0.1, 0.15) is 0 Å². The number of nitrogens with one attached hydrogen (secondary N) is 2. The van der Waals surface area contributed by atoms with E-state index in [0.717, 1.165) is 25.5 Å². The van der Waals surface area contributed by atoms with Crippen LogP contribution >= 0.6 is 0 Å². The Labute approximate surface area is 163 Å². The van der Waals surface area contributed by atoms with Crippen molar-refractivity contribution < 1.29 is 9.53 Å². The van der Waals surface area contributed by atoms with E-state index in [2.05, 4.69) is 48.5 Å². The maximum atomic E-state index is 12.4. The van der Waals surface area contributed by atoms with Crippen LogP contribution in [-0.4, -0.2) is 50.1 Å². The summed E-state index contributed by atoms with van der Waals surface area (Å²) in [4.78, 5) is 18.6. The molecule has 1 aromatic carbocycles. The average Bonchev–Trinajstić information content (AvgIpc) is 3.07. The summed E-state index contributed by atoms with van der Waals surface area (Å²) in [5.74, 6) is 0.949. The molecule has 0 radical (unpaired) electrons. The highest BCUT2D eigenvalue weighted by Crippen LogP contribution is 2.23. The zero-order valence-electron chi connectivity index (χ0n) is 17.3. The Morgan fingerprint density at radius 1 is 1.22 bits per heavy atom. The van der Waals surface area contributed by atoms with Crippen molar-refractivity contribution in [2.45, 2.75) is 52.8 Å². The van der Waals surface area contributed by atoms with Crippen LogP contribution in [0.15, 0.2) is 29.3 Å². The highest BCUT2D eigenvalue weighted by Gasteiger charge is 2.24. The largest absolute Gasteiger partial charge is 0.379 e. The Morgan fingerprint density at radius 2 is 1.85 bits per heavy atom. The van der Waals surface area contributed by atoms with Crippen molar-refractivity contribution >= 4 is 11.9 Å². The second-order valence-electron chi connectivity index (χ2n) is 8.09. The third kappa shape index (κ3) is 6.24. The summed E-state index contributed by atoms with van der Waals surface area (Å²) in [7, 11) is 3.48. The minimum Gasteiger partial charge on any atom is -0.379 e. The summed E-state index contributed by atoms with van der Waals surface area (Å²) < 4.78 is 5.55. The second-order valence-corrected chi connectivity index (χ2v) is 8.09. The van der Waals surface area contributed by atoms with Crippen LogP contribution in [0.2, 0.25) is 0 Å². The number of benzene rings is 1. The van der Waals surface area contributed by atoms with Crippen molar-refractivity contribution in [3.8, 4) is 0 Å². The predicted octanol–water partition coefficient (Wildman–Crippen LogP) is 2.54. The van der Waals surface area contributed by atoms with E-state index in [-0.39, 0.29) is 17.4 Å². The van der Waals surface area contributed by atoms with E-state index in [4.69, 9.17) is 4.74 Å². The maximum absolute atomic E-state index is 12.4. The van der Waals surface area contributed by atoms with Gasteiger partial charge in [-0.25, -0.2) is 0 Å². The Balaban J connectivity index is 1.67. The highest BCUT2D eigenvalue weighted by atomic mass is 16.5. The zero-order chi connectivity index (χ0) is 19.9. The standard InChI is InChI=1S/C21H34N4O2/c1-21(2,3)18(27-5)13-24-20(22-4)23-12-8-11-19(26)25-14-16-9-6-7-10-17(16)15-25/h6-7,9-10,18H,8,11-15H2,1-5H3,(H2,22,23,24). The summed E-state index contributed by atoms with van der Waals surface area (Å²) in [5, 5.41) is 6.58. The topological polar surface area (TPSA) is 66.0 Å². The fraction of sp³-hybridized carbons (Fsp3) is 0.619. The average molecular weight is 375 g/mol. The number of methoxy groups -OCH3 is 1. The summed E-state index contributed by atoms with van der Waals surface area (Å²) in [5.41, 5.74) is 2.58. The Kier molecular flexibility index (Phi) is 7.66. The monoisotopic (exact) mass is 374 g/mol. The summed E-state index contributed by atoms with van der Waals surface area (Å²) in [6.45, 7) is 9.32. The van der Waals surface area contributed by atoms with Crippen molar-refractivity contribution in [3.63, 3.8) is 0 Å². The van der Waals surface area contributed by atoms with Gasteiger partial charge in [0.05, 0.1) is 6.10 Å². The van der Waals surface area contributed by atoms with E-state index in [1.54, 1.807) is 14.2 Å². The first kappa shape index (κ1) is 21.2. The molecule has 0 bridgehead atoms. The lowest BCUT2D eigenvalue weighted by Gasteiger charge is -2.30. The van der Waals surface area contributed by atoms with Gasteiger partial charge in [-0.3, -0.25) is 9.79 Å². The molecule has 0 saturated carbocycles. The third-order valence-electron chi connectivity index (χ3n) is 4.98. The van der Waals surface area contributed by atoms with E-state index >= 15 is 0 Å². The third-order valence-corrected chi connectivity index (χ3v) is 4.98. The number of fused-ring (bicyclic) bond motifs is 1. The van der Waals surface area contributed by atoms with E-state index in [1.165, 1.54) is 11.1 Å². The molecule has 1 heterocycles. The lowest BCUT2D eigenvalue weighted by molar-refractivity contribution is -0.131. The summed E-state index contributed by atoms with van der Waals surface area (Å²) in [6, 6.07) is 8.27. The van der Waals surface area contributed by atoms with Gasteiger partial charge in [0.2, 0.25) is 5.91 Å². The Bertz CT molecular complexity index is 627. The molecule has 1 aliphatic heterocycles. The van der Waals surface area contributed by atoms with Crippen LogP contribution in [0.5, 0.6) is 0 Å². The van der Waals surface area contributed by atoms with Gasteiger partial charge >= 0.3 is 0 Å². The summed E-state index contributed by atoms with van der Waals surface area (Å²) in [6.07, 6.45) is 1.41. The fourth-order valence-corrected chi connectivity index (χ4v) is 3.27. The fourth-order valence-electron chi connectivity index (χ4n) is 3.27. The SMILES string of the molecule is CN=C(NCCCC(=O)N1Cc2ccccc2C1)NCC(OC)C(C)(C)C. The highest BCUT2D eigenvalue weighted by molar-refractivity contribution is 5.80. The van der Waals surface area contributed by atoms with E-state index < -0.39 is 0 Å². The van der Waals surface area contributed by atoms with Gasteiger partial charge in [-0.2, -0.15) is 0 Å². The molecule has 0 spiro atoms. The molecule has 27 heavy (non-hydrogen) atoms. The van der Waals surface area contributed by atoms with Gasteiger partial charge in [-0.15, -0.1) is 0 Å². The van der Waals surface area contributed by atoms with Gasteiger partial charge in [0.15, 0.2) is 5.96 Å². The first-order chi connectivity index (χ1) is 12.8. The molecular formula is C21H34N4O2. The number of rotatable bonds is 7. The molecule has 0 fully saturated rings. The van der Waals surface area contributed by atoms with Crippen molar-refractivity contribution in [2.24, 2.45) is 10.4 Å². The molecule has 0 aromatic heterocycles. The van der Waals surface area contributed by atoms with Crippen LogP contribution in [0.3, 0.4) is 0 Å². The first-order valence-corrected chi connectivity index (χ1v) is 9.67. The number of hydrogen-bond acceptors (Lipinski definition) is 3. The maximum Gasteiger partial charge on any atom is 0.223 e. The molecule has 6 nitrogen and oxygen atoms in total. The molecule has 1 unspecified atom stereocenters. The number of carbonyl (C=O) groups excluding carboxylic acids is 1. The van der Waals surface area contributed by atoms with E-state index in [0.29, 0.717) is 19.5 Å². The number of aliphatic imine (C=N–C) groups is 1. The number of carbonyl (C=O) groups is 1. The van der Waals surface area contributed by atoms with Crippen LogP contribution in [0, 0.1) is 5.41 Å². The van der Waals surface area contributed by atoms with E-state index in [1.807, 2.05) is 17.0 Å². The van der Waals surface area contributed by atoms with Gasteiger partial charge in [0, 0.05) is 46.8 Å². The lowest BCUT2D eigenvalue weighted by atomic mass is 9.89. The molecule has 6 heteroatoms. The van der Waals surface area contributed by atoms with Gasteiger partial charge in [-0.05, 0) is 23.0 Å². The number of hydrogen-bond donors (Lipinski definition) is 2. The Morgan fingerprint density at radius 3 is 2.37 bits per heavy atom. The molecule has 0 saturated heterocycles. The van der Waals surface area contributed by atoms with Crippen molar-refractivity contribution in [1.82, 2.24) is 15.5 Å². The molecule has 1 aromatic rings. The minimum absolute atomic E-state index is 0.0559. The molecule has 2 rings (SSSR count). The van der Waals surface area contributed by atoms with Gasteiger partial charge in [-0.1, -0.05) is 45.0 Å². The molecule has 1 atom stereocenters. The van der Waals surface area contributed by atoms with Gasteiger partial charge in [0.25, 0.3) is 0 Å². The number of nitrogens with zero attached hydrogens (tertiary/aromatic N) is 2. The first-order valence-electron chi connectivity index (χ1n) is 9.67. The Hall–Kier alpha value is -2.08. The van der Waals surface area contributed by atoms with Crippen molar-refractivity contribution in [3.05, 3.63) is 35.4 Å². The molecule has 1 aliphatic rings. The minimum atomic E-state index is 0.0559. The second kappa shape index (κ2) is 9.74. The lowest BCUT2D eigenvalue weighted by Crippen LogP contribution is -2.45. The molecular weight excluding hydrogens is 340 g/mol. The molecule has 0 aliphatic carbocycles. The smallest absolute Gasteiger partial charge is 0.223 e. The van der Waals surface area contributed by atoms with Gasteiger partial charge < -0.3 is 20.3 Å². The van der Waals surface area contributed by atoms with Crippen LogP contribution in [0.4, 0.5) is 0 Å². The predicted molar refractivity (Wildman–Crippen MR) is 110 cm³/mol. The molecule has 2 N–H and O–H groups in total. The van der Waals surface area contributed by atoms with Crippen LogP contribution in [0.25, 0.3) is 0 Å². The number of guanidine groups is 1. The van der Waals surface area contributed by atoms with Crippen molar-refractivity contribution in [2.75, 3.05) is 27.2 Å². The summed E-state index contributed by atoms with van der Waals surface area (Å²) >= 11 is 0. The normalized spacial score (nSPS) is 15.4. The van der Waals surface area contributed by atoms with Crippen LogP contribution in [-0.2, 0) is 22.6 Å².